The van der Waals surface area contributed by atoms with Gasteiger partial charge in [-0.3, -0.25) is 9.78 Å². The molecule has 2 aromatic heterocycles. The van der Waals surface area contributed by atoms with Crippen LogP contribution >= 0.6 is 0 Å². The van der Waals surface area contributed by atoms with E-state index in [0.717, 1.165) is 11.1 Å². The lowest BCUT2D eigenvalue weighted by atomic mass is 10.1. The molecule has 0 aliphatic carbocycles. The van der Waals surface area contributed by atoms with E-state index in [4.69, 9.17) is 4.74 Å². The number of pyridine rings is 2. The first kappa shape index (κ1) is 23.7. The number of carbonyl (C=O) groups is 2. The summed E-state index contributed by atoms with van der Waals surface area (Å²) in [6.45, 7) is 6.47. The van der Waals surface area contributed by atoms with Crippen LogP contribution in [0.5, 0.6) is 0 Å². The van der Waals surface area contributed by atoms with Crippen LogP contribution in [-0.4, -0.2) is 34.1 Å². The molecule has 0 aliphatic rings. The van der Waals surface area contributed by atoms with E-state index >= 15 is 0 Å². The van der Waals surface area contributed by atoms with E-state index in [2.05, 4.69) is 25.9 Å². The Labute approximate surface area is 195 Å². The summed E-state index contributed by atoms with van der Waals surface area (Å²) >= 11 is 0. The van der Waals surface area contributed by atoms with Gasteiger partial charge in [0.2, 0.25) is 0 Å². The van der Waals surface area contributed by atoms with E-state index in [1.807, 2.05) is 57.2 Å². The summed E-state index contributed by atoms with van der Waals surface area (Å²) in [6.07, 6.45) is 5.31. The monoisotopic (exact) mass is 449 g/mol. The fraction of sp³-hybridized carbons (Fsp3) is 0.280. The molecule has 8 nitrogen and oxygen atoms in total. The van der Waals surface area contributed by atoms with Crippen LogP contribution in [0, 0.1) is 0 Å². The largest absolute Gasteiger partial charge is 0.444 e. The van der Waals surface area contributed by atoms with Gasteiger partial charge in [-0.1, -0.05) is 12.1 Å². The van der Waals surface area contributed by atoms with Crippen molar-refractivity contribution >= 4 is 23.5 Å². The molecule has 0 saturated heterocycles. The standard InChI is InChI=1S/C25H29N5O3.H2/c1-25(2,3)33-24(32)28-16-12-18-6-8-20(9-7-18)30-23(31)21-5-4-13-27-22(21)29-17-19-10-14-26-15-11-19;/h4-11,13-15H,12,16-17H2,1-3H3,(H,27,29)(H,28,32)(H,30,31);1H. The molecule has 0 atom stereocenters. The molecule has 3 N–H and O–H groups in total. The van der Waals surface area contributed by atoms with E-state index in [1.54, 1.807) is 30.7 Å². The first-order chi connectivity index (χ1) is 15.8. The van der Waals surface area contributed by atoms with Crippen molar-refractivity contribution in [3.63, 3.8) is 0 Å². The molecule has 8 heteroatoms. The minimum Gasteiger partial charge on any atom is -0.444 e. The van der Waals surface area contributed by atoms with Crippen molar-refractivity contribution in [3.05, 3.63) is 83.8 Å². The van der Waals surface area contributed by atoms with Gasteiger partial charge < -0.3 is 20.7 Å². The number of aromatic nitrogens is 2. The van der Waals surface area contributed by atoms with Gasteiger partial charge in [0, 0.05) is 38.8 Å². The van der Waals surface area contributed by atoms with Crippen LogP contribution in [0.3, 0.4) is 0 Å². The molecular weight excluding hydrogens is 418 g/mol. The highest BCUT2D eigenvalue weighted by Gasteiger charge is 2.15. The highest BCUT2D eigenvalue weighted by molar-refractivity contribution is 6.07. The Balaban J connectivity index is 0.00000408. The quantitative estimate of drug-likeness (QED) is 0.462. The molecule has 0 bridgehead atoms. The van der Waals surface area contributed by atoms with Gasteiger partial charge in [-0.2, -0.15) is 0 Å². The average molecular weight is 450 g/mol. The van der Waals surface area contributed by atoms with E-state index in [1.165, 1.54) is 0 Å². The number of anilines is 2. The molecule has 33 heavy (non-hydrogen) atoms. The fourth-order valence-corrected chi connectivity index (χ4v) is 2.99. The van der Waals surface area contributed by atoms with Crippen molar-refractivity contribution in [1.29, 1.82) is 0 Å². The molecule has 2 heterocycles. The molecule has 0 radical (unpaired) electrons. The summed E-state index contributed by atoms with van der Waals surface area (Å²) in [4.78, 5) is 32.9. The lowest BCUT2D eigenvalue weighted by molar-refractivity contribution is 0.0528. The van der Waals surface area contributed by atoms with Crippen LogP contribution in [0.25, 0.3) is 0 Å². The van der Waals surface area contributed by atoms with Crippen LogP contribution in [-0.2, 0) is 17.7 Å². The van der Waals surface area contributed by atoms with E-state index < -0.39 is 11.7 Å². The topological polar surface area (TPSA) is 105 Å². The third-order valence-corrected chi connectivity index (χ3v) is 4.56. The molecule has 3 aromatic rings. The van der Waals surface area contributed by atoms with Gasteiger partial charge in [-0.05, 0) is 74.7 Å². The average Bonchev–Trinajstić information content (AvgIpc) is 2.78. The maximum Gasteiger partial charge on any atom is 0.407 e. The van der Waals surface area contributed by atoms with Crippen LogP contribution in [0.1, 0.15) is 43.7 Å². The lowest BCUT2D eigenvalue weighted by Crippen LogP contribution is -2.33. The van der Waals surface area contributed by atoms with Crippen LogP contribution < -0.4 is 16.0 Å². The van der Waals surface area contributed by atoms with Crippen molar-refractivity contribution in [2.75, 3.05) is 17.2 Å². The number of carbonyl (C=O) groups excluding carboxylic acids is 2. The Morgan fingerprint density at radius 3 is 2.39 bits per heavy atom. The Kier molecular flexibility index (Phi) is 7.96. The molecule has 2 amide bonds. The summed E-state index contributed by atoms with van der Waals surface area (Å²) in [5.41, 5.74) is 2.68. The van der Waals surface area contributed by atoms with Crippen LogP contribution in [0.2, 0.25) is 0 Å². The van der Waals surface area contributed by atoms with Gasteiger partial charge in [-0.15, -0.1) is 0 Å². The number of nitrogens with one attached hydrogen (secondary N) is 3. The summed E-state index contributed by atoms with van der Waals surface area (Å²) in [7, 11) is 0. The molecule has 174 valence electrons. The maximum absolute atomic E-state index is 12.8. The SMILES string of the molecule is CC(C)(C)OC(=O)NCCc1ccc(NC(=O)c2cccnc2NCc2ccncc2)cc1.[HH]. The summed E-state index contributed by atoms with van der Waals surface area (Å²) < 4.78 is 5.22. The minimum atomic E-state index is -0.521. The molecule has 1 aromatic carbocycles. The Hall–Kier alpha value is -3.94. The number of alkyl carbamates (subject to hydrolysis) is 1. The fourth-order valence-electron chi connectivity index (χ4n) is 2.99. The van der Waals surface area contributed by atoms with Crippen LogP contribution in [0.15, 0.2) is 67.1 Å². The molecule has 0 fully saturated rings. The number of hydrogen-bond acceptors (Lipinski definition) is 6. The summed E-state index contributed by atoms with van der Waals surface area (Å²) in [6, 6.07) is 14.8. The number of rotatable bonds is 8. The number of hydrogen-bond donors (Lipinski definition) is 3. The first-order valence-corrected chi connectivity index (χ1v) is 10.7. The predicted molar refractivity (Wildman–Crippen MR) is 130 cm³/mol. The zero-order valence-electron chi connectivity index (χ0n) is 19.1. The Morgan fingerprint density at radius 1 is 0.970 bits per heavy atom. The van der Waals surface area contributed by atoms with Crippen LogP contribution in [0.4, 0.5) is 16.3 Å². The van der Waals surface area contributed by atoms with Gasteiger partial charge in [0.25, 0.3) is 5.91 Å². The molecule has 0 spiro atoms. The van der Waals surface area contributed by atoms with Crippen molar-refractivity contribution < 1.29 is 15.8 Å². The van der Waals surface area contributed by atoms with Crippen molar-refractivity contribution in [2.24, 2.45) is 0 Å². The molecule has 3 rings (SSSR count). The van der Waals surface area contributed by atoms with Gasteiger partial charge in [0.05, 0.1) is 5.56 Å². The summed E-state index contributed by atoms with van der Waals surface area (Å²) in [5.74, 6) is 0.260. The van der Waals surface area contributed by atoms with Crippen molar-refractivity contribution in [1.82, 2.24) is 15.3 Å². The molecule has 0 unspecified atom stereocenters. The third-order valence-electron chi connectivity index (χ3n) is 4.56. The second-order valence-electron chi connectivity index (χ2n) is 8.44. The molecular formula is C25H31N5O3. The predicted octanol–water partition coefficient (Wildman–Crippen LogP) is 4.65. The van der Waals surface area contributed by atoms with Gasteiger partial charge in [-0.25, -0.2) is 9.78 Å². The highest BCUT2D eigenvalue weighted by Crippen LogP contribution is 2.17. The van der Waals surface area contributed by atoms with Gasteiger partial charge >= 0.3 is 6.09 Å². The number of benzene rings is 1. The van der Waals surface area contributed by atoms with Gasteiger partial charge in [0.1, 0.15) is 11.4 Å². The first-order valence-electron chi connectivity index (χ1n) is 10.7. The second-order valence-corrected chi connectivity index (χ2v) is 8.44. The second kappa shape index (κ2) is 11.1. The Bertz CT molecular complexity index is 1070. The Morgan fingerprint density at radius 2 is 1.70 bits per heavy atom. The summed E-state index contributed by atoms with van der Waals surface area (Å²) in [5, 5.41) is 8.85. The van der Waals surface area contributed by atoms with Crippen molar-refractivity contribution in [2.45, 2.75) is 39.3 Å². The zero-order valence-corrected chi connectivity index (χ0v) is 19.1. The minimum absolute atomic E-state index is 0. The highest BCUT2D eigenvalue weighted by atomic mass is 16.6. The van der Waals surface area contributed by atoms with E-state index in [0.29, 0.717) is 36.6 Å². The number of amides is 2. The third kappa shape index (κ3) is 7.92. The lowest BCUT2D eigenvalue weighted by Gasteiger charge is -2.19. The zero-order chi connectivity index (χ0) is 23.7. The maximum atomic E-state index is 12.8. The molecule has 0 saturated carbocycles. The normalized spacial score (nSPS) is 10.9. The van der Waals surface area contributed by atoms with Crippen molar-refractivity contribution in [3.8, 4) is 0 Å². The molecule has 0 aliphatic heterocycles. The van der Waals surface area contributed by atoms with E-state index in [-0.39, 0.29) is 7.33 Å². The number of nitrogens with zero attached hydrogens (tertiary/aromatic N) is 2. The van der Waals surface area contributed by atoms with Gasteiger partial charge in [0.15, 0.2) is 0 Å². The smallest absolute Gasteiger partial charge is 0.407 e. The number of ether oxygens (including phenoxy) is 1. The van der Waals surface area contributed by atoms with E-state index in [9.17, 15) is 9.59 Å².